The molecule has 5 heteroatoms. The fourth-order valence-corrected chi connectivity index (χ4v) is 3.11. The highest BCUT2D eigenvalue weighted by molar-refractivity contribution is 7.90. The number of benzene rings is 2. The zero-order chi connectivity index (χ0) is 13.7. The van der Waals surface area contributed by atoms with Crippen molar-refractivity contribution in [1.82, 2.24) is 0 Å². The third-order valence-corrected chi connectivity index (χ3v) is 4.37. The molecule has 0 aliphatic carbocycles. The molecule has 2 aromatic rings. The lowest BCUT2D eigenvalue weighted by atomic mass is 10.2. The van der Waals surface area contributed by atoms with Gasteiger partial charge in [0.1, 0.15) is 0 Å². The molecule has 0 aliphatic heterocycles. The van der Waals surface area contributed by atoms with E-state index >= 15 is 0 Å². The Labute approximate surface area is 117 Å². The van der Waals surface area contributed by atoms with Crippen molar-refractivity contribution in [2.75, 3.05) is 0 Å². The van der Waals surface area contributed by atoms with Gasteiger partial charge in [-0.25, -0.2) is 8.42 Å². The number of isothiocyanates is 1. The topological polar surface area (TPSA) is 46.5 Å². The maximum Gasteiger partial charge on any atom is 0.182 e. The number of thiocarbonyl (C=S) groups is 1. The van der Waals surface area contributed by atoms with Gasteiger partial charge < -0.3 is 0 Å². The van der Waals surface area contributed by atoms with E-state index in [0.29, 0.717) is 5.69 Å². The lowest BCUT2D eigenvalue weighted by Gasteiger charge is -2.04. The zero-order valence-electron chi connectivity index (χ0n) is 9.98. The Kier molecular flexibility index (Phi) is 4.22. The van der Waals surface area contributed by atoms with Crippen LogP contribution in [0.15, 0.2) is 64.5 Å². The highest BCUT2D eigenvalue weighted by atomic mass is 32.2. The molecule has 2 rings (SSSR count). The molecule has 96 valence electrons. The Morgan fingerprint density at radius 1 is 1.00 bits per heavy atom. The molecule has 0 spiro atoms. The summed E-state index contributed by atoms with van der Waals surface area (Å²) in [5.74, 6) is -0.0103. The number of aliphatic imine (C=N–C) groups is 1. The highest BCUT2D eigenvalue weighted by Gasteiger charge is 2.14. The average Bonchev–Trinajstić information content (AvgIpc) is 2.40. The molecule has 0 radical (unpaired) electrons. The number of hydrogen-bond donors (Lipinski definition) is 0. The van der Waals surface area contributed by atoms with E-state index in [1.807, 2.05) is 18.2 Å². The number of nitrogens with zero attached hydrogens (tertiary/aromatic N) is 1. The molecule has 3 nitrogen and oxygen atoms in total. The molecule has 0 aromatic heterocycles. The van der Waals surface area contributed by atoms with Gasteiger partial charge in [-0.05, 0) is 42.0 Å². The second-order valence-electron chi connectivity index (χ2n) is 3.94. The summed E-state index contributed by atoms with van der Waals surface area (Å²) in [5.41, 5.74) is 1.36. The van der Waals surface area contributed by atoms with Crippen LogP contribution in [0, 0.1) is 0 Å². The minimum absolute atomic E-state index is 0.0103. The van der Waals surface area contributed by atoms with Gasteiger partial charge in [-0.3, -0.25) is 0 Å². The molecule has 0 aliphatic rings. The van der Waals surface area contributed by atoms with Crippen LogP contribution in [-0.2, 0) is 15.6 Å². The SMILES string of the molecule is O=S(=O)(Cc1ccccc1)c1ccc(N=C=S)cc1. The molecule has 0 atom stereocenters. The molecular formula is C14H11NO2S2. The monoisotopic (exact) mass is 289 g/mol. The molecule has 0 heterocycles. The van der Waals surface area contributed by atoms with Crippen LogP contribution >= 0.6 is 12.2 Å². The van der Waals surface area contributed by atoms with Crippen molar-refractivity contribution in [2.45, 2.75) is 10.6 Å². The molecule has 0 saturated carbocycles. The van der Waals surface area contributed by atoms with Crippen molar-refractivity contribution >= 4 is 32.9 Å². The van der Waals surface area contributed by atoms with Crippen molar-refractivity contribution in [3.63, 3.8) is 0 Å². The minimum atomic E-state index is -3.33. The number of hydrogen-bond acceptors (Lipinski definition) is 4. The molecule has 0 amide bonds. The first-order valence-corrected chi connectivity index (χ1v) is 7.62. The van der Waals surface area contributed by atoms with Crippen molar-refractivity contribution in [3.8, 4) is 0 Å². The second-order valence-corrected chi connectivity index (χ2v) is 6.11. The average molecular weight is 289 g/mol. The van der Waals surface area contributed by atoms with Crippen LogP contribution < -0.4 is 0 Å². The van der Waals surface area contributed by atoms with Crippen LogP contribution in [0.25, 0.3) is 0 Å². The smallest absolute Gasteiger partial charge is 0.182 e. The summed E-state index contributed by atoms with van der Waals surface area (Å²) in [6.45, 7) is 0. The molecule has 19 heavy (non-hydrogen) atoms. The van der Waals surface area contributed by atoms with Crippen LogP contribution in [0.4, 0.5) is 5.69 Å². The van der Waals surface area contributed by atoms with Gasteiger partial charge in [-0.15, -0.1) is 0 Å². The Morgan fingerprint density at radius 3 is 2.21 bits per heavy atom. The van der Waals surface area contributed by atoms with E-state index in [9.17, 15) is 8.42 Å². The van der Waals surface area contributed by atoms with Gasteiger partial charge in [-0.2, -0.15) is 4.99 Å². The molecule has 0 unspecified atom stereocenters. The van der Waals surface area contributed by atoms with E-state index in [2.05, 4.69) is 22.4 Å². The molecule has 0 N–H and O–H groups in total. The van der Waals surface area contributed by atoms with E-state index in [4.69, 9.17) is 0 Å². The summed E-state index contributed by atoms with van der Waals surface area (Å²) in [5, 5.41) is 2.24. The van der Waals surface area contributed by atoms with Crippen molar-refractivity contribution in [3.05, 3.63) is 60.2 Å². The maximum absolute atomic E-state index is 12.2. The van der Waals surface area contributed by atoms with Gasteiger partial charge in [0.05, 0.1) is 21.5 Å². The summed E-state index contributed by atoms with van der Waals surface area (Å²) in [6, 6.07) is 15.4. The van der Waals surface area contributed by atoms with Crippen molar-refractivity contribution in [1.29, 1.82) is 0 Å². The zero-order valence-corrected chi connectivity index (χ0v) is 11.6. The Hall–Kier alpha value is -1.81. The summed E-state index contributed by atoms with van der Waals surface area (Å²) in [4.78, 5) is 4.06. The Bertz CT molecular complexity index is 701. The molecule has 0 fully saturated rings. The van der Waals surface area contributed by atoms with Gasteiger partial charge in [-0.1, -0.05) is 30.3 Å². The molecule has 2 aromatic carbocycles. The summed E-state index contributed by atoms with van der Waals surface area (Å²) in [6.07, 6.45) is 0. The normalized spacial score (nSPS) is 10.7. The first-order chi connectivity index (χ1) is 9.12. The van der Waals surface area contributed by atoms with E-state index in [-0.39, 0.29) is 10.6 Å². The molecular weight excluding hydrogens is 278 g/mol. The highest BCUT2D eigenvalue weighted by Crippen LogP contribution is 2.19. The fraction of sp³-hybridized carbons (Fsp3) is 0.0714. The molecule has 0 saturated heterocycles. The third-order valence-electron chi connectivity index (χ3n) is 2.57. The van der Waals surface area contributed by atoms with Gasteiger partial charge in [0, 0.05) is 0 Å². The number of rotatable bonds is 4. The Morgan fingerprint density at radius 2 is 1.63 bits per heavy atom. The van der Waals surface area contributed by atoms with Crippen LogP contribution in [0.5, 0.6) is 0 Å². The van der Waals surface area contributed by atoms with Crippen molar-refractivity contribution < 1.29 is 8.42 Å². The van der Waals surface area contributed by atoms with E-state index in [1.165, 1.54) is 12.1 Å². The van der Waals surface area contributed by atoms with E-state index < -0.39 is 9.84 Å². The lowest BCUT2D eigenvalue weighted by Crippen LogP contribution is -2.04. The van der Waals surface area contributed by atoms with E-state index in [0.717, 1.165) is 5.56 Å². The maximum atomic E-state index is 12.2. The largest absolute Gasteiger partial charge is 0.223 e. The summed E-state index contributed by atoms with van der Waals surface area (Å²) in [7, 11) is -3.33. The van der Waals surface area contributed by atoms with Crippen LogP contribution in [-0.4, -0.2) is 13.6 Å². The van der Waals surface area contributed by atoms with Crippen LogP contribution in [0.3, 0.4) is 0 Å². The van der Waals surface area contributed by atoms with Crippen LogP contribution in [0.2, 0.25) is 0 Å². The third kappa shape index (κ3) is 3.58. The summed E-state index contributed by atoms with van der Waals surface area (Å²) < 4.78 is 24.4. The lowest BCUT2D eigenvalue weighted by molar-refractivity contribution is 0.595. The second kappa shape index (κ2) is 5.89. The van der Waals surface area contributed by atoms with Gasteiger partial charge in [0.2, 0.25) is 0 Å². The predicted octanol–water partition coefficient (Wildman–Crippen LogP) is 3.39. The van der Waals surface area contributed by atoms with Crippen LogP contribution in [0.1, 0.15) is 5.56 Å². The summed E-state index contributed by atoms with van der Waals surface area (Å²) >= 11 is 4.49. The van der Waals surface area contributed by atoms with Gasteiger partial charge >= 0.3 is 0 Å². The van der Waals surface area contributed by atoms with E-state index in [1.54, 1.807) is 24.3 Å². The quantitative estimate of drug-likeness (QED) is 0.640. The van der Waals surface area contributed by atoms with Gasteiger partial charge in [0.25, 0.3) is 0 Å². The standard InChI is InChI=1S/C14H11NO2S2/c16-19(17,10-12-4-2-1-3-5-12)14-8-6-13(7-9-14)15-11-18/h1-9H,10H2. The first-order valence-electron chi connectivity index (χ1n) is 5.56. The fourth-order valence-electron chi connectivity index (χ4n) is 1.66. The van der Waals surface area contributed by atoms with Gasteiger partial charge in [0.15, 0.2) is 9.84 Å². The van der Waals surface area contributed by atoms with Crippen molar-refractivity contribution in [2.24, 2.45) is 4.99 Å². The molecule has 0 bridgehead atoms. The Balaban J connectivity index is 2.27. The number of sulfone groups is 1. The first kappa shape index (κ1) is 13.6. The predicted molar refractivity (Wildman–Crippen MR) is 78.5 cm³/mol. The minimum Gasteiger partial charge on any atom is -0.223 e.